The first-order valence-corrected chi connectivity index (χ1v) is 8.44. The van der Waals surface area contributed by atoms with E-state index in [-0.39, 0.29) is 26.4 Å². The first kappa shape index (κ1) is 16.7. The molecule has 0 fully saturated rings. The zero-order chi connectivity index (χ0) is 16.5. The number of halogens is 1. The quantitative estimate of drug-likeness (QED) is 0.780. The smallest absolute Gasteiger partial charge is 0.347 e. The Morgan fingerprint density at radius 2 is 2.27 bits per heavy atom. The fourth-order valence-corrected chi connectivity index (χ4v) is 4.43. The van der Waals surface area contributed by atoms with E-state index < -0.39 is 22.7 Å². The molecule has 0 saturated heterocycles. The number of hydrogen-bond donors (Lipinski definition) is 1. The number of anilines is 1. The van der Waals surface area contributed by atoms with Crippen LogP contribution < -0.4 is 4.31 Å². The highest BCUT2D eigenvalue weighted by atomic mass is 35.5. The highest BCUT2D eigenvalue weighted by Gasteiger charge is 2.34. The molecule has 2 aromatic rings. The second-order valence-electron chi connectivity index (χ2n) is 4.07. The van der Waals surface area contributed by atoms with Crippen molar-refractivity contribution < 1.29 is 27.6 Å². The molecule has 0 radical (unpaired) electrons. The monoisotopic (exact) mass is 366 g/mol. The summed E-state index contributed by atoms with van der Waals surface area (Å²) in [5.74, 6) is -1.27. The fourth-order valence-electron chi connectivity index (χ4n) is 1.64. The van der Waals surface area contributed by atoms with Crippen LogP contribution in [0.1, 0.15) is 15.4 Å². The van der Waals surface area contributed by atoms with Crippen LogP contribution in [0.15, 0.2) is 20.9 Å². The van der Waals surface area contributed by atoms with E-state index in [1.54, 1.807) is 0 Å². The largest absolute Gasteiger partial charge is 0.477 e. The molecule has 2 aromatic heterocycles. The van der Waals surface area contributed by atoms with E-state index in [0.29, 0.717) is 0 Å². The third-order valence-corrected chi connectivity index (χ3v) is 5.87. The van der Waals surface area contributed by atoms with Gasteiger partial charge in [0, 0.05) is 7.11 Å². The number of ether oxygens (including phenoxy) is 1. The van der Waals surface area contributed by atoms with E-state index in [1.165, 1.54) is 25.5 Å². The number of carbonyl (C=O) groups is 1. The summed E-state index contributed by atoms with van der Waals surface area (Å²) in [7, 11) is -2.94. The van der Waals surface area contributed by atoms with Crippen molar-refractivity contribution in [2.24, 2.45) is 0 Å². The van der Waals surface area contributed by atoms with Crippen molar-refractivity contribution in [3.63, 3.8) is 0 Å². The van der Waals surface area contributed by atoms with Gasteiger partial charge in [0.2, 0.25) is 5.82 Å². The van der Waals surface area contributed by atoms with Crippen LogP contribution in [0.3, 0.4) is 0 Å². The molecule has 120 valence electrons. The Kier molecular flexibility index (Phi) is 4.75. The molecule has 1 N–H and O–H groups in total. The zero-order valence-corrected chi connectivity index (χ0v) is 13.8. The summed E-state index contributed by atoms with van der Waals surface area (Å²) in [4.78, 5) is 10.5. The number of hydrogen-bond acceptors (Lipinski definition) is 7. The molecule has 0 saturated carbocycles. The van der Waals surface area contributed by atoms with E-state index in [1.807, 2.05) is 0 Å². The molecule has 0 unspecified atom stereocenters. The Labute approximate surface area is 134 Å². The minimum Gasteiger partial charge on any atom is -0.477 e. The lowest BCUT2D eigenvalue weighted by molar-refractivity contribution is 0.0698. The number of nitrogens with zero attached hydrogens (tertiary/aromatic N) is 2. The molecular formula is C11H11ClN2O6S2. The summed E-state index contributed by atoms with van der Waals surface area (Å²) in [6.45, 7) is 1.12. The van der Waals surface area contributed by atoms with Crippen molar-refractivity contribution in [1.29, 1.82) is 0 Å². The molecule has 0 aliphatic carbocycles. The molecular weight excluding hydrogens is 356 g/mol. The van der Waals surface area contributed by atoms with Crippen LogP contribution in [0, 0.1) is 6.92 Å². The SMILES string of the molecule is COCN(c1noc(C)c1Cl)S(=O)(=O)c1ccsc1C(=O)O. The van der Waals surface area contributed by atoms with Gasteiger partial charge in [0.05, 0.1) is 0 Å². The summed E-state index contributed by atoms with van der Waals surface area (Å²) < 4.78 is 35.9. The minimum absolute atomic E-state index is 0.00716. The van der Waals surface area contributed by atoms with Gasteiger partial charge in [0.15, 0.2) is 5.76 Å². The second-order valence-corrected chi connectivity index (χ2v) is 7.19. The molecule has 0 aromatic carbocycles. The average Bonchev–Trinajstić information content (AvgIpc) is 3.06. The predicted octanol–water partition coefficient (Wildman–Crippen LogP) is 2.20. The molecule has 2 heterocycles. The van der Waals surface area contributed by atoms with Gasteiger partial charge in [-0.05, 0) is 18.4 Å². The van der Waals surface area contributed by atoms with Crippen molar-refractivity contribution >= 4 is 44.7 Å². The first-order valence-electron chi connectivity index (χ1n) is 5.75. The van der Waals surface area contributed by atoms with Crippen LogP contribution in [0.5, 0.6) is 0 Å². The van der Waals surface area contributed by atoms with E-state index in [0.717, 1.165) is 15.6 Å². The second kappa shape index (κ2) is 6.24. The van der Waals surface area contributed by atoms with Crippen molar-refractivity contribution in [2.75, 3.05) is 18.1 Å². The van der Waals surface area contributed by atoms with Gasteiger partial charge in [-0.25, -0.2) is 17.5 Å². The summed E-state index contributed by atoms with van der Waals surface area (Å²) in [6, 6.07) is 1.20. The number of carboxylic acid groups (broad SMARTS) is 1. The van der Waals surface area contributed by atoms with Gasteiger partial charge in [-0.15, -0.1) is 11.3 Å². The predicted molar refractivity (Wildman–Crippen MR) is 79.1 cm³/mol. The number of thiophene rings is 1. The summed E-state index contributed by atoms with van der Waals surface area (Å²) >= 11 is 6.78. The van der Waals surface area contributed by atoms with Crippen LogP contribution in [0.25, 0.3) is 0 Å². The Morgan fingerprint density at radius 3 is 2.77 bits per heavy atom. The summed E-state index contributed by atoms with van der Waals surface area (Å²) in [5, 5.41) is 14.1. The van der Waals surface area contributed by atoms with Gasteiger partial charge in [0.1, 0.15) is 21.5 Å². The van der Waals surface area contributed by atoms with Gasteiger partial charge in [0.25, 0.3) is 10.0 Å². The Balaban J connectivity index is 2.58. The first-order chi connectivity index (χ1) is 10.3. The minimum atomic E-state index is -4.23. The summed E-state index contributed by atoms with van der Waals surface area (Å²) in [5.41, 5.74) is 0. The van der Waals surface area contributed by atoms with Crippen LogP contribution in [0.4, 0.5) is 5.82 Å². The number of rotatable bonds is 6. The van der Waals surface area contributed by atoms with E-state index in [4.69, 9.17) is 26.0 Å². The molecule has 22 heavy (non-hydrogen) atoms. The van der Waals surface area contributed by atoms with Crippen molar-refractivity contribution in [3.05, 3.63) is 27.1 Å². The maximum atomic E-state index is 12.7. The van der Waals surface area contributed by atoms with Gasteiger partial charge >= 0.3 is 5.97 Å². The lowest BCUT2D eigenvalue weighted by Crippen LogP contribution is -2.34. The zero-order valence-electron chi connectivity index (χ0n) is 11.4. The number of methoxy groups -OCH3 is 1. The number of aryl methyl sites for hydroxylation is 1. The van der Waals surface area contributed by atoms with Gasteiger partial charge < -0.3 is 14.4 Å². The van der Waals surface area contributed by atoms with E-state index in [9.17, 15) is 13.2 Å². The number of aromatic carboxylic acids is 1. The molecule has 0 atom stereocenters. The van der Waals surface area contributed by atoms with Crippen LogP contribution in [-0.2, 0) is 14.8 Å². The molecule has 0 aliphatic heterocycles. The van der Waals surface area contributed by atoms with E-state index in [2.05, 4.69) is 5.16 Å². The topological polar surface area (TPSA) is 110 Å². The van der Waals surface area contributed by atoms with Crippen LogP contribution in [0.2, 0.25) is 5.02 Å². The highest BCUT2D eigenvalue weighted by Crippen LogP contribution is 2.33. The molecule has 11 heteroatoms. The maximum Gasteiger partial charge on any atom is 0.347 e. The molecule has 0 amide bonds. The Hall–Kier alpha value is -1.62. The van der Waals surface area contributed by atoms with Crippen molar-refractivity contribution in [3.8, 4) is 0 Å². The Morgan fingerprint density at radius 1 is 1.59 bits per heavy atom. The lowest BCUT2D eigenvalue weighted by Gasteiger charge is -2.20. The van der Waals surface area contributed by atoms with Gasteiger partial charge in [-0.2, -0.15) is 0 Å². The van der Waals surface area contributed by atoms with Crippen LogP contribution in [-0.4, -0.2) is 38.5 Å². The van der Waals surface area contributed by atoms with Gasteiger partial charge in [-0.1, -0.05) is 16.8 Å². The molecule has 8 nitrogen and oxygen atoms in total. The third kappa shape index (κ3) is 2.82. The molecule has 0 spiro atoms. The lowest BCUT2D eigenvalue weighted by atomic mass is 10.5. The maximum absolute atomic E-state index is 12.7. The standard InChI is InChI=1S/C11H11ClN2O6S2/c1-6-8(12)10(13-20-6)14(5-19-2)22(17,18)7-3-4-21-9(7)11(15)16/h3-4H,5H2,1-2H3,(H,15,16). The molecule has 2 rings (SSSR count). The Bertz CT molecular complexity index is 797. The van der Waals surface area contributed by atoms with E-state index >= 15 is 0 Å². The molecule has 0 aliphatic rings. The number of aromatic nitrogens is 1. The van der Waals surface area contributed by atoms with Crippen molar-refractivity contribution in [1.82, 2.24) is 5.16 Å². The normalized spacial score (nSPS) is 11.6. The molecule has 0 bridgehead atoms. The van der Waals surface area contributed by atoms with Crippen LogP contribution >= 0.6 is 22.9 Å². The third-order valence-electron chi connectivity index (χ3n) is 2.65. The average molecular weight is 367 g/mol. The number of sulfonamides is 1. The highest BCUT2D eigenvalue weighted by molar-refractivity contribution is 7.93. The van der Waals surface area contributed by atoms with Gasteiger partial charge in [-0.3, -0.25) is 0 Å². The fraction of sp³-hybridized carbons (Fsp3) is 0.273. The summed E-state index contributed by atoms with van der Waals surface area (Å²) in [6.07, 6.45) is 0. The number of carboxylic acids is 1. The van der Waals surface area contributed by atoms with Crippen molar-refractivity contribution in [2.45, 2.75) is 11.8 Å².